The van der Waals surface area contributed by atoms with Gasteiger partial charge in [-0.3, -0.25) is 0 Å². The Morgan fingerprint density at radius 2 is 2.33 bits per heavy atom. The van der Waals surface area contributed by atoms with Crippen LogP contribution < -0.4 is 0 Å². The van der Waals surface area contributed by atoms with Crippen LogP contribution in [-0.2, 0) is 0 Å². The Hall–Kier alpha value is -1.14. The van der Waals surface area contributed by atoms with Crippen LogP contribution >= 0.6 is 0 Å². The highest BCUT2D eigenvalue weighted by Crippen LogP contribution is 1.93. The van der Waals surface area contributed by atoms with Crippen LogP contribution in [0.1, 0.15) is 6.92 Å². The van der Waals surface area contributed by atoms with Crippen molar-refractivity contribution in [1.82, 2.24) is 0 Å². The highest BCUT2D eigenvalue weighted by molar-refractivity contribution is 5.07. The second-order valence-electron chi connectivity index (χ2n) is 1.48. The molecule has 0 aliphatic carbocycles. The van der Waals surface area contributed by atoms with E-state index in [1.807, 2.05) is 6.92 Å². The molecular formula is C7H10N2. The maximum Gasteiger partial charge on any atom is 0.0601 e. The SMILES string of the molecule is C=C=C/C=C(/C)N=NC. The fraction of sp³-hybridized carbons (Fsp3) is 0.286. The molecule has 0 rings (SSSR count). The second kappa shape index (κ2) is 5.01. The van der Waals surface area contributed by atoms with Crippen LogP contribution in [0.4, 0.5) is 0 Å². The molecule has 0 heterocycles. The van der Waals surface area contributed by atoms with Gasteiger partial charge in [-0.2, -0.15) is 10.2 Å². The summed E-state index contributed by atoms with van der Waals surface area (Å²) in [6.45, 7) is 5.26. The lowest BCUT2D eigenvalue weighted by atomic mass is 10.4. The third-order valence-corrected chi connectivity index (χ3v) is 0.700. The van der Waals surface area contributed by atoms with E-state index in [-0.39, 0.29) is 0 Å². The predicted octanol–water partition coefficient (Wildman–Crippen LogP) is 2.31. The normalized spacial score (nSPS) is 11.6. The topological polar surface area (TPSA) is 24.7 Å². The number of azo groups is 1. The largest absolute Gasteiger partial charge is 0.192 e. The second-order valence-corrected chi connectivity index (χ2v) is 1.48. The molecule has 0 saturated carbocycles. The first-order valence-electron chi connectivity index (χ1n) is 2.64. The molecule has 48 valence electrons. The Labute approximate surface area is 55.3 Å². The van der Waals surface area contributed by atoms with Gasteiger partial charge in [-0.15, -0.1) is 5.73 Å². The third kappa shape index (κ3) is 4.72. The summed E-state index contributed by atoms with van der Waals surface area (Å²) in [7, 11) is 1.63. The lowest BCUT2D eigenvalue weighted by molar-refractivity contribution is 1.08. The van der Waals surface area contributed by atoms with Gasteiger partial charge < -0.3 is 0 Å². The molecule has 0 aromatic heterocycles. The van der Waals surface area contributed by atoms with E-state index >= 15 is 0 Å². The van der Waals surface area contributed by atoms with Crippen LogP contribution in [0.25, 0.3) is 0 Å². The molecule has 0 aromatic rings. The summed E-state index contributed by atoms with van der Waals surface area (Å²) >= 11 is 0. The van der Waals surface area contributed by atoms with Crippen LogP contribution in [0, 0.1) is 0 Å². The quantitative estimate of drug-likeness (QED) is 0.305. The summed E-state index contributed by atoms with van der Waals surface area (Å²) in [6, 6.07) is 0. The van der Waals surface area contributed by atoms with Crippen molar-refractivity contribution in [3.8, 4) is 0 Å². The van der Waals surface area contributed by atoms with E-state index in [9.17, 15) is 0 Å². The summed E-state index contributed by atoms with van der Waals surface area (Å²) in [5.41, 5.74) is 3.46. The smallest absolute Gasteiger partial charge is 0.0601 e. The van der Waals surface area contributed by atoms with Crippen molar-refractivity contribution in [2.45, 2.75) is 6.92 Å². The summed E-state index contributed by atoms with van der Waals surface area (Å²) in [4.78, 5) is 0. The van der Waals surface area contributed by atoms with E-state index in [0.717, 1.165) is 5.70 Å². The van der Waals surface area contributed by atoms with Crippen molar-refractivity contribution in [2.75, 3.05) is 7.05 Å². The van der Waals surface area contributed by atoms with Crippen molar-refractivity contribution in [3.63, 3.8) is 0 Å². The van der Waals surface area contributed by atoms with Gasteiger partial charge in [-0.25, -0.2) is 0 Å². The highest BCUT2D eigenvalue weighted by atomic mass is 15.1. The van der Waals surface area contributed by atoms with Gasteiger partial charge >= 0.3 is 0 Å². The maximum absolute atomic E-state index is 3.75. The van der Waals surface area contributed by atoms with E-state index in [0.29, 0.717) is 0 Å². The first-order chi connectivity index (χ1) is 4.31. The van der Waals surface area contributed by atoms with E-state index in [2.05, 4.69) is 22.5 Å². The van der Waals surface area contributed by atoms with Crippen molar-refractivity contribution in [3.05, 3.63) is 30.2 Å². The standard InChI is InChI=1S/C7H10N2/c1-4-5-6-7(2)9-8-3/h5-6H,1H2,2-3H3/b7-6-,9-8?. The van der Waals surface area contributed by atoms with E-state index in [1.54, 1.807) is 19.2 Å². The molecule has 2 heteroatoms. The molecule has 2 nitrogen and oxygen atoms in total. The average molecular weight is 122 g/mol. The fourth-order valence-corrected chi connectivity index (χ4v) is 0.371. The van der Waals surface area contributed by atoms with Gasteiger partial charge in [0.15, 0.2) is 0 Å². The zero-order valence-corrected chi connectivity index (χ0v) is 5.76. The Morgan fingerprint density at radius 3 is 2.78 bits per heavy atom. The van der Waals surface area contributed by atoms with Crippen molar-refractivity contribution in [1.29, 1.82) is 0 Å². The van der Waals surface area contributed by atoms with Gasteiger partial charge in [-0.05, 0) is 19.1 Å². The van der Waals surface area contributed by atoms with E-state index < -0.39 is 0 Å². The van der Waals surface area contributed by atoms with Crippen LogP contribution in [-0.4, -0.2) is 7.05 Å². The molecule has 0 unspecified atom stereocenters. The molecule has 0 spiro atoms. The van der Waals surface area contributed by atoms with Crippen LogP contribution in [0.3, 0.4) is 0 Å². The van der Waals surface area contributed by atoms with Gasteiger partial charge in [0.25, 0.3) is 0 Å². The van der Waals surface area contributed by atoms with Crippen molar-refractivity contribution >= 4 is 0 Å². The van der Waals surface area contributed by atoms with Crippen molar-refractivity contribution < 1.29 is 0 Å². The first kappa shape index (κ1) is 7.86. The number of rotatable bonds is 2. The zero-order valence-electron chi connectivity index (χ0n) is 5.76. The highest BCUT2D eigenvalue weighted by Gasteiger charge is 1.75. The minimum Gasteiger partial charge on any atom is -0.192 e. The average Bonchev–Trinajstić information content (AvgIpc) is 1.85. The summed E-state index contributed by atoms with van der Waals surface area (Å²) in [6.07, 6.45) is 3.49. The molecule has 0 radical (unpaired) electrons. The lowest BCUT2D eigenvalue weighted by Gasteiger charge is -1.81. The molecular weight excluding hydrogens is 112 g/mol. The molecule has 0 fully saturated rings. The summed E-state index contributed by atoms with van der Waals surface area (Å²) < 4.78 is 0. The Bertz CT molecular complexity index is 171. The molecule has 0 aromatic carbocycles. The molecule has 0 N–H and O–H groups in total. The maximum atomic E-state index is 3.75. The molecule has 9 heavy (non-hydrogen) atoms. The zero-order chi connectivity index (χ0) is 7.11. The van der Waals surface area contributed by atoms with Crippen LogP contribution in [0.2, 0.25) is 0 Å². The minimum atomic E-state index is 0.855. The Balaban J connectivity index is 3.99. The number of nitrogens with zero attached hydrogens (tertiary/aromatic N) is 2. The van der Waals surface area contributed by atoms with Gasteiger partial charge in [0.05, 0.1) is 5.70 Å². The van der Waals surface area contributed by atoms with E-state index in [1.165, 1.54) is 0 Å². The Morgan fingerprint density at radius 1 is 1.67 bits per heavy atom. The monoisotopic (exact) mass is 122 g/mol. The molecule has 0 amide bonds. The van der Waals surface area contributed by atoms with Crippen LogP contribution in [0.5, 0.6) is 0 Å². The van der Waals surface area contributed by atoms with Gasteiger partial charge in [0, 0.05) is 7.05 Å². The number of hydrogen-bond acceptors (Lipinski definition) is 2. The van der Waals surface area contributed by atoms with Gasteiger partial charge in [0.1, 0.15) is 0 Å². The molecule has 0 bridgehead atoms. The molecule has 0 saturated heterocycles. The number of hydrogen-bond donors (Lipinski definition) is 0. The van der Waals surface area contributed by atoms with Crippen molar-refractivity contribution in [2.24, 2.45) is 10.2 Å². The molecule has 0 atom stereocenters. The minimum absolute atomic E-state index is 0.855. The number of allylic oxidation sites excluding steroid dienone is 3. The summed E-state index contributed by atoms with van der Waals surface area (Å²) in [5, 5.41) is 7.33. The van der Waals surface area contributed by atoms with Gasteiger partial charge in [0.2, 0.25) is 0 Å². The van der Waals surface area contributed by atoms with E-state index in [4.69, 9.17) is 0 Å². The third-order valence-electron chi connectivity index (χ3n) is 0.700. The Kier molecular flexibility index (Phi) is 4.37. The molecule has 0 aliphatic rings. The fourth-order valence-electron chi connectivity index (χ4n) is 0.371. The first-order valence-corrected chi connectivity index (χ1v) is 2.64. The predicted molar refractivity (Wildman–Crippen MR) is 38.2 cm³/mol. The van der Waals surface area contributed by atoms with Crippen LogP contribution in [0.15, 0.2) is 40.4 Å². The molecule has 0 aliphatic heterocycles. The summed E-state index contributed by atoms with van der Waals surface area (Å²) in [5.74, 6) is 0. The lowest BCUT2D eigenvalue weighted by Crippen LogP contribution is -1.62. The van der Waals surface area contributed by atoms with Gasteiger partial charge in [-0.1, -0.05) is 6.58 Å².